The number of likely N-dealkylation sites (N-methyl/N-ethyl adjacent to an activating group) is 1. The number of hydrogen-bond acceptors (Lipinski definition) is 8. The van der Waals surface area contributed by atoms with E-state index >= 15 is 0 Å². The van der Waals surface area contributed by atoms with Crippen molar-refractivity contribution >= 4 is 17.4 Å². The number of benzene rings is 2. The summed E-state index contributed by atoms with van der Waals surface area (Å²) in [7, 11) is 3.78. The Kier molecular flexibility index (Phi) is 8.03. The number of ketones is 1. The van der Waals surface area contributed by atoms with Gasteiger partial charge in [0.1, 0.15) is 25.6 Å². The number of rotatable bonds is 10. The molecule has 0 saturated carbocycles. The maximum Gasteiger partial charge on any atom is 0.295 e. The highest BCUT2D eigenvalue weighted by atomic mass is 16.6. The molecular formula is C28H32N2O7. The largest absolute Gasteiger partial charge is 0.507 e. The number of hydrogen-bond donors (Lipinski definition) is 1. The molecule has 2 heterocycles. The second-order valence-corrected chi connectivity index (χ2v) is 8.89. The van der Waals surface area contributed by atoms with Gasteiger partial charge >= 0.3 is 0 Å². The van der Waals surface area contributed by atoms with Gasteiger partial charge in [-0.2, -0.15) is 0 Å². The summed E-state index contributed by atoms with van der Waals surface area (Å²) in [4.78, 5) is 29.9. The smallest absolute Gasteiger partial charge is 0.295 e. The SMILES string of the molecule is C=CCOc1ccc(C2C(=C(O)c3ccc4c(c3)OCCO4)C(=O)C(=O)N2CCN(C)C)cc1OCC. The standard InChI is InChI=1S/C28H32N2O7/c1-5-13-35-20-9-7-18(16-22(20)34-6-2)25-24(27(32)28(33)30(25)12-11-29(3)4)26(31)19-8-10-21-23(17-19)37-15-14-36-21/h5,7-10,16-17,25,31H,1,6,11-15H2,2-4H3. The van der Waals surface area contributed by atoms with Crippen molar-refractivity contribution in [3.63, 3.8) is 0 Å². The molecule has 4 rings (SSSR count). The third-order valence-corrected chi connectivity index (χ3v) is 6.08. The monoisotopic (exact) mass is 508 g/mol. The number of aliphatic hydroxyl groups is 1. The Balaban J connectivity index is 1.83. The molecule has 2 aliphatic rings. The molecule has 1 fully saturated rings. The fourth-order valence-electron chi connectivity index (χ4n) is 4.34. The first-order chi connectivity index (χ1) is 17.8. The number of aliphatic hydroxyl groups excluding tert-OH is 1. The molecule has 1 atom stereocenters. The van der Waals surface area contributed by atoms with Crippen molar-refractivity contribution in [2.24, 2.45) is 0 Å². The van der Waals surface area contributed by atoms with Gasteiger partial charge in [0.25, 0.3) is 11.7 Å². The summed E-state index contributed by atoms with van der Waals surface area (Å²) in [6, 6.07) is 9.38. The Morgan fingerprint density at radius 1 is 1.11 bits per heavy atom. The van der Waals surface area contributed by atoms with Crippen LogP contribution in [0.4, 0.5) is 0 Å². The Hall–Kier alpha value is -3.98. The lowest BCUT2D eigenvalue weighted by molar-refractivity contribution is -0.140. The zero-order valence-electron chi connectivity index (χ0n) is 21.4. The van der Waals surface area contributed by atoms with Crippen LogP contribution in [0.25, 0.3) is 5.76 Å². The molecule has 2 aromatic rings. The highest BCUT2D eigenvalue weighted by Crippen LogP contribution is 2.43. The van der Waals surface area contributed by atoms with Gasteiger partial charge in [0.15, 0.2) is 23.0 Å². The molecular weight excluding hydrogens is 476 g/mol. The molecule has 1 unspecified atom stereocenters. The number of carbonyl (C=O) groups excluding carboxylic acids is 2. The van der Waals surface area contributed by atoms with Crippen LogP contribution in [0.15, 0.2) is 54.6 Å². The molecule has 1 amide bonds. The maximum absolute atomic E-state index is 13.3. The molecule has 2 aliphatic heterocycles. The van der Waals surface area contributed by atoms with E-state index in [2.05, 4.69) is 6.58 Å². The van der Waals surface area contributed by atoms with Gasteiger partial charge in [0.2, 0.25) is 0 Å². The summed E-state index contributed by atoms with van der Waals surface area (Å²) in [6.07, 6.45) is 1.63. The van der Waals surface area contributed by atoms with Gasteiger partial charge in [-0.15, -0.1) is 0 Å². The number of fused-ring (bicyclic) bond motifs is 1. The zero-order chi connectivity index (χ0) is 26.5. The number of nitrogens with zero attached hydrogens (tertiary/aromatic N) is 2. The van der Waals surface area contributed by atoms with E-state index in [0.29, 0.717) is 73.6 Å². The summed E-state index contributed by atoms with van der Waals surface area (Å²) >= 11 is 0. The van der Waals surface area contributed by atoms with E-state index in [-0.39, 0.29) is 11.3 Å². The van der Waals surface area contributed by atoms with Crippen LogP contribution < -0.4 is 18.9 Å². The molecule has 2 aromatic carbocycles. The van der Waals surface area contributed by atoms with Crippen molar-refractivity contribution < 1.29 is 33.6 Å². The summed E-state index contributed by atoms with van der Waals surface area (Å²) in [5.41, 5.74) is 0.977. The molecule has 0 spiro atoms. The van der Waals surface area contributed by atoms with Gasteiger partial charge in [-0.1, -0.05) is 18.7 Å². The van der Waals surface area contributed by atoms with E-state index in [0.717, 1.165) is 0 Å². The van der Waals surface area contributed by atoms with Crippen molar-refractivity contribution in [2.45, 2.75) is 13.0 Å². The van der Waals surface area contributed by atoms with Crippen LogP contribution in [0.2, 0.25) is 0 Å². The number of amides is 1. The minimum atomic E-state index is -0.819. The van der Waals surface area contributed by atoms with E-state index in [1.807, 2.05) is 25.9 Å². The number of likely N-dealkylation sites (tertiary alicyclic amines) is 1. The summed E-state index contributed by atoms with van der Waals surface area (Å²) in [6.45, 7) is 7.86. The second kappa shape index (κ2) is 11.4. The molecule has 196 valence electrons. The third kappa shape index (κ3) is 5.41. The Bertz CT molecular complexity index is 1220. The van der Waals surface area contributed by atoms with Crippen molar-refractivity contribution in [2.75, 3.05) is 53.6 Å². The van der Waals surface area contributed by atoms with Crippen LogP contribution in [0.3, 0.4) is 0 Å². The van der Waals surface area contributed by atoms with E-state index in [1.54, 1.807) is 42.5 Å². The lowest BCUT2D eigenvalue weighted by atomic mass is 9.94. The normalized spacial score (nSPS) is 18.3. The average molecular weight is 509 g/mol. The molecule has 0 aromatic heterocycles. The topological polar surface area (TPSA) is 97.8 Å². The number of carbonyl (C=O) groups is 2. The van der Waals surface area contributed by atoms with Crippen LogP contribution >= 0.6 is 0 Å². The summed E-state index contributed by atoms with van der Waals surface area (Å²) < 4.78 is 22.7. The van der Waals surface area contributed by atoms with Gasteiger partial charge in [-0.3, -0.25) is 9.59 Å². The molecule has 0 radical (unpaired) electrons. The Morgan fingerprint density at radius 2 is 1.86 bits per heavy atom. The van der Waals surface area contributed by atoms with Crippen molar-refractivity contribution in [1.29, 1.82) is 0 Å². The van der Waals surface area contributed by atoms with E-state index in [4.69, 9.17) is 18.9 Å². The van der Waals surface area contributed by atoms with Gasteiger partial charge in [-0.25, -0.2) is 0 Å². The molecule has 9 nitrogen and oxygen atoms in total. The van der Waals surface area contributed by atoms with E-state index in [1.165, 1.54) is 4.90 Å². The minimum absolute atomic E-state index is 0.00245. The van der Waals surface area contributed by atoms with Gasteiger partial charge < -0.3 is 33.9 Å². The quantitative estimate of drug-likeness (QED) is 0.226. The van der Waals surface area contributed by atoms with Crippen molar-refractivity contribution in [3.8, 4) is 23.0 Å². The second-order valence-electron chi connectivity index (χ2n) is 8.89. The lowest BCUT2D eigenvalue weighted by Gasteiger charge is -2.27. The predicted molar refractivity (Wildman–Crippen MR) is 138 cm³/mol. The van der Waals surface area contributed by atoms with Crippen LogP contribution in [0.5, 0.6) is 23.0 Å². The molecule has 0 bridgehead atoms. The summed E-state index contributed by atoms with van der Waals surface area (Å²) in [5, 5.41) is 11.4. The summed E-state index contributed by atoms with van der Waals surface area (Å²) in [5.74, 6) is 0.315. The predicted octanol–water partition coefficient (Wildman–Crippen LogP) is 3.40. The van der Waals surface area contributed by atoms with Gasteiger partial charge in [0, 0.05) is 18.7 Å². The van der Waals surface area contributed by atoms with Gasteiger partial charge in [0.05, 0.1) is 18.2 Å². The average Bonchev–Trinajstić information content (AvgIpc) is 3.15. The minimum Gasteiger partial charge on any atom is -0.507 e. The van der Waals surface area contributed by atoms with Crippen LogP contribution in [-0.4, -0.2) is 80.2 Å². The molecule has 9 heteroatoms. The first-order valence-corrected chi connectivity index (χ1v) is 12.2. The lowest BCUT2D eigenvalue weighted by Crippen LogP contribution is -2.35. The molecule has 1 N–H and O–H groups in total. The molecule has 0 aliphatic carbocycles. The van der Waals surface area contributed by atoms with Crippen molar-refractivity contribution in [3.05, 3.63) is 65.8 Å². The van der Waals surface area contributed by atoms with Crippen LogP contribution in [-0.2, 0) is 9.59 Å². The number of ether oxygens (including phenoxy) is 4. The Labute approximate surface area is 216 Å². The van der Waals surface area contributed by atoms with Crippen molar-refractivity contribution in [1.82, 2.24) is 9.80 Å². The fourth-order valence-corrected chi connectivity index (χ4v) is 4.34. The van der Waals surface area contributed by atoms with E-state index in [9.17, 15) is 14.7 Å². The first kappa shape index (κ1) is 26.1. The van der Waals surface area contributed by atoms with Gasteiger partial charge in [-0.05, 0) is 56.9 Å². The first-order valence-electron chi connectivity index (χ1n) is 12.2. The maximum atomic E-state index is 13.3. The Morgan fingerprint density at radius 3 is 2.57 bits per heavy atom. The highest BCUT2D eigenvalue weighted by molar-refractivity contribution is 6.46. The molecule has 37 heavy (non-hydrogen) atoms. The van der Waals surface area contributed by atoms with E-state index < -0.39 is 17.7 Å². The van der Waals surface area contributed by atoms with Crippen LogP contribution in [0.1, 0.15) is 24.1 Å². The molecule has 1 saturated heterocycles. The zero-order valence-corrected chi connectivity index (χ0v) is 21.4. The highest BCUT2D eigenvalue weighted by Gasteiger charge is 2.46. The fraction of sp³-hybridized carbons (Fsp3) is 0.357. The third-order valence-electron chi connectivity index (χ3n) is 6.08. The number of Topliss-reactive ketones (excluding diaryl/α,β-unsaturated/α-hetero) is 1. The van der Waals surface area contributed by atoms with Crippen LogP contribution in [0, 0.1) is 0 Å².